The van der Waals surface area contributed by atoms with Gasteiger partial charge in [0.25, 0.3) is 0 Å². The Balaban J connectivity index is 2.35. The molecule has 0 amide bonds. The van der Waals surface area contributed by atoms with Gasteiger partial charge in [0.1, 0.15) is 17.4 Å². The standard InChI is InChI=1S/C14H10F2IN3O/c1-21-13-4-7(15)2-3-11(13)20-12-5-8(16)9(17)6-10(12)19-14(20)18/h2-6H,1H3,(H2,18,19). The van der Waals surface area contributed by atoms with Gasteiger partial charge in [0.2, 0.25) is 5.95 Å². The summed E-state index contributed by atoms with van der Waals surface area (Å²) in [5.41, 5.74) is 7.48. The van der Waals surface area contributed by atoms with Crippen molar-refractivity contribution in [2.45, 2.75) is 0 Å². The molecule has 2 N–H and O–H groups in total. The normalized spacial score (nSPS) is 11.0. The van der Waals surface area contributed by atoms with Crippen LogP contribution >= 0.6 is 22.6 Å². The monoisotopic (exact) mass is 401 g/mol. The van der Waals surface area contributed by atoms with Gasteiger partial charge in [-0.25, -0.2) is 13.8 Å². The van der Waals surface area contributed by atoms with E-state index in [0.29, 0.717) is 26.0 Å². The van der Waals surface area contributed by atoms with Crippen LogP contribution < -0.4 is 10.5 Å². The summed E-state index contributed by atoms with van der Waals surface area (Å²) < 4.78 is 34.3. The van der Waals surface area contributed by atoms with Crippen LogP contribution in [0.25, 0.3) is 16.7 Å². The second-order valence-electron chi connectivity index (χ2n) is 4.38. The number of hydrogen-bond donors (Lipinski definition) is 1. The van der Waals surface area contributed by atoms with Crippen LogP contribution in [-0.4, -0.2) is 16.7 Å². The Hall–Kier alpha value is -1.90. The van der Waals surface area contributed by atoms with Gasteiger partial charge in [-0.15, -0.1) is 0 Å². The zero-order valence-corrected chi connectivity index (χ0v) is 13.1. The number of aromatic nitrogens is 2. The summed E-state index contributed by atoms with van der Waals surface area (Å²) in [4.78, 5) is 4.21. The van der Waals surface area contributed by atoms with Crippen LogP contribution in [0.4, 0.5) is 14.7 Å². The second-order valence-corrected chi connectivity index (χ2v) is 5.54. The number of rotatable bonds is 2. The highest BCUT2D eigenvalue weighted by Gasteiger charge is 2.16. The molecule has 0 radical (unpaired) electrons. The third-order valence-corrected chi connectivity index (χ3v) is 3.93. The average molecular weight is 401 g/mol. The number of nitrogen functional groups attached to an aromatic ring is 1. The summed E-state index contributed by atoms with van der Waals surface area (Å²) in [6.07, 6.45) is 0. The Morgan fingerprint density at radius 3 is 2.71 bits per heavy atom. The van der Waals surface area contributed by atoms with Gasteiger partial charge in [0, 0.05) is 12.1 Å². The molecule has 21 heavy (non-hydrogen) atoms. The van der Waals surface area contributed by atoms with Crippen molar-refractivity contribution in [3.05, 3.63) is 45.5 Å². The lowest BCUT2D eigenvalue weighted by Gasteiger charge is -2.11. The summed E-state index contributed by atoms with van der Waals surface area (Å²) >= 11 is 1.89. The first-order chi connectivity index (χ1) is 10.0. The number of imidazole rings is 1. The van der Waals surface area contributed by atoms with Crippen molar-refractivity contribution in [3.8, 4) is 11.4 Å². The van der Waals surface area contributed by atoms with E-state index in [9.17, 15) is 8.78 Å². The number of benzene rings is 2. The molecule has 0 fully saturated rings. The maximum atomic E-state index is 13.8. The minimum absolute atomic E-state index is 0.177. The maximum absolute atomic E-state index is 13.8. The van der Waals surface area contributed by atoms with Crippen LogP contribution in [-0.2, 0) is 0 Å². The van der Waals surface area contributed by atoms with E-state index in [-0.39, 0.29) is 11.8 Å². The van der Waals surface area contributed by atoms with E-state index in [1.807, 2.05) is 22.6 Å². The molecule has 3 aromatic rings. The van der Waals surface area contributed by atoms with Crippen molar-refractivity contribution in [1.29, 1.82) is 0 Å². The molecule has 0 spiro atoms. The molecule has 0 saturated carbocycles. The molecular weight excluding hydrogens is 391 g/mol. The summed E-state index contributed by atoms with van der Waals surface area (Å²) in [6.45, 7) is 0. The smallest absolute Gasteiger partial charge is 0.206 e. The molecule has 0 saturated heterocycles. The molecule has 0 bridgehead atoms. The predicted octanol–water partition coefficient (Wildman–Crippen LogP) is 3.50. The van der Waals surface area contributed by atoms with Gasteiger partial charge in [-0.05, 0) is 40.8 Å². The molecule has 3 rings (SSSR count). The molecule has 4 nitrogen and oxygen atoms in total. The lowest BCUT2D eigenvalue weighted by Crippen LogP contribution is -2.03. The highest BCUT2D eigenvalue weighted by molar-refractivity contribution is 14.1. The van der Waals surface area contributed by atoms with Crippen molar-refractivity contribution in [2.75, 3.05) is 12.8 Å². The quantitative estimate of drug-likeness (QED) is 0.669. The van der Waals surface area contributed by atoms with Gasteiger partial charge in [-0.3, -0.25) is 4.57 Å². The number of hydrogen-bond acceptors (Lipinski definition) is 3. The second kappa shape index (κ2) is 5.14. The van der Waals surface area contributed by atoms with E-state index in [4.69, 9.17) is 10.5 Å². The number of halogens is 3. The minimum atomic E-state index is -0.431. The molecule has 1 heterocycles. The van der Waals surface area contributed by atoms with E-state index in [0.717, 1.165) is 0 Å². The Morgan fingerprint density at radius 1 is 1.24 bits per heavy atom. The fourth-order valence-electron chi connectivity index (χ4n) is 2.18. The average Bonchev–Trinajstić information content (AvgIpc) is 2.75. The van der Waals surface area contributed by atoms with E-state index >= 15 is 0 Å². The predicted molar refractivity (Wildman–Crippen MR) is 84.7 cm³/mol. The Bertz CT molecular complexity index is 848. The van der Waals surface area contributed by atoms with Crippen LogP contribution in [0, 0.1) is 15.2 Å². The van der Waals surface area contributed by atoms with Crippen LogP contribution in [0.15, 0.2) is 30.3 Å². The largest absolute Gasteiger partial charge is 0.494 e. The van der Waals surface area contributed by atoms with Crippen molar-refractivity contribution >= 4 is 39.6 Å². The van der Waals surface area contributed by atoms with Crippen LogP contribution in [0.3, 0.4) is 0 Å². The van der Waals surface area contributed by atoms with E-state index in [1.54, 1.807) is 6.07 Å². The number of fused-ring (bicyclic) bond motifs is 1. The Labute approximate surface area is 132 Å². The number of methoxy groups -OCH3 is 1. The third-order valence-electron chi connectivity index (χ3n) is 3.11. The lowest BCUT2D eigenvalue weighted by atomic mass is 10.2. The molecular formula is C14H10F2IN3O. The molecule has 0 unspecified atom stereocenters. The SMILES string of the molecule is COc1cc(F)ccc1-n1c(N)nc2cc(I)c(F)cc21. The van der Waals surface area contributed by atoms with Crippen molar-refractivity contribution < 1.29 is 13.5 Å². The van der Waals surface area contributed by atoms with Crippen LogP contribution in [0.5, 0.6) is 5.75 Å². The Kier molecular flexibility index (Phi) is 3.44. The number of nitrogens with zero attached hydrogens (tertiary/aromatic N) is 2. The first-order valence-corrected chi connectivity index (χ1v) is 7.06. The van der Waals surface area contributed by atoms with Crippen molar-refractivity contribution in [3.63, 3.8) is 0 Å². The Morgan fingerprint density at radius 2 is 2.00 bits per heavy atom. The summed E-state index contributed by atoms with van der Waals surface area (Å²) in [5.74, 6) is -0.332. The lowest BCUT2D eigenvalue weighted by molar-refractivity contribution is 0.409. The summed E-state index contributed by atoms with van der Waals surface area (Å²) in [6, 6.07) is 6.99. The number of ether oxygens (including phenoxy) is 1. The fourth-order valence-corrected chi connectivity index (χ4v) is 2.63. The molecule has 1 aromatic heterocycles. The van der Waals surface area contributed by atoms with E-state index in [2.05, 4.69) is 4.98 Å². The zero-order valence-electron chi connectivity index (χ0n) is 10.9. The maximum Gasteiger partial charge on any atom is 0.206 e. The number of anilines is 1. The molecule has 0 atom stereocenters. The zero-order chi connectivity index (χ0) is 15.1. The molecule has 2 aromatic carbocycles. The summed E-state index contributed by atoms with van der Waals surface area (Å²) in [5, 5.41) is 0. The molecule has 0 aliphatic rings. The first kappa shape index (κ1) is 14.1. The van der Waals surface area contributed by atoms with Gasteiger partial charge in [0.15, 0.2) is 0 Å². The van der Waals surface area contributed by atoms with Crippen molar-refractivity contribution in [2.24, 2.45) is 0 Å². The van der Waals surface area contributed by atoms with Gasteiger partial charge in [0.05, 0.1) is 27.4 Å². The fraction of sp³-hybridized carbons (Fsp3) is 0.0714. The molecule has 7 heteroatoms. The van der Waals surface area contributed by atoms with Gasteiger partial charge in [-0.1, -0.05) is 0 Å². The molecule has 108 valence electrons. The van der Waals surface area contributed by atoms with Crippen LogP contribution in [0.2, 0.25) is 0 Å². The highest BCUT2D eigenvalue weighted by Crippen LogP contribution is 2.31. The molecule has 0 aliphatic heterocycles. The first-order valence-electron chi connectivity index (χ1n) is 5.98. The topological polar surface area (TPSA) is 53.1 Å². The van der Waals surface area contributed by atoms with Crippen molar-refractivity contribution in [1.82, 2.24) is 9.55 Å². The van der Waals surface area contributed by atoms with Gasteiger partial charge >= 0.3 is 0 Å². The van der Waals surface area contributed by atoms with E-state index < -0.39 is 5.82 Å². The third kappa shape index (κ3) is 2.31. The van der Waals surface area contributed by atoms with Gasteiger partial charge < -0.3 is 10.5 Å². The molecule has 0 aliphatic carbocycles. The summed E-state index contributed by atoms with van der Waals surface area (Å²) in [7, 11) is 1.43. The number of nitrogens with two attached hydrogens (primary N) is 1. The van der Waals surface area contributed by atoms with Crippen LogP contribution in [0.1, 0.15) is 0 Å². The highest BCUT2D eigenvalue weighted by atomic mass is 127. The van der Waals surface area contributed by atoms with E-state index in [1.165, 1.54) is 35.9 Å². The van der Waals surface area contributed by atoms with Gasteiger partial charge in [-0.2, -0.15) is 0 Å². The minimum Gasteiger partial charge on any atom is -0.494 e.